The first-order valence-electron chi connectivity index (χ1n) is 9.83. The van der Waals surface area contributed by atoms with Crippen molar-refractivity contribution in [2.75, 3.05) is 13.7 Å². The molecule has 5 atom stereocenters. The number of aliphatic carboxylic acids is 1. The van der Waals surface area contributed by atoms with E-state index in [0.29, 0.717) is 0 Å². The van der Waals surface area contributed by atoms with Crippen LogP contribution in [0.4, 0.5) is 0 Å². The summed E-state index contributed by atoms with van der Waals surface area (Å²) >= 11 is 0. The predicted molar refractivity (Wildman–Crippen MR) is 105 cm³/mol. The smallest absolute Gasteiger partial charge is 0.335 e. The fourth-order valence-electron chi connectivity index (χ4n) is 3.20. The lowest BCUT2D eigenvalue weighted by Crippen LogP contribution is -2.45. The van der Waals surface area contributed by atoms with Gasteiger partial charge in [0.15, 0.2) is 24.5 Å². The van der Waals surface area contributed by atoms with E-state index in [4.69, 9.17) is 18.9 Å². The van der Waals surface area contributed by atoms with Crippen LogP contribution in [-0.2, 0) is 47.7 Å². The molecule has 0 bridgehead atoms. The van der Waals surface area contributed by atoms with Gasteiger partial charge in [-0.2, -0.15) is 0 Å². The number of hydrogen-bond acceptors (Lipinski definition) is 12. The van der Waals surface area contributed by atoms with E-state index in [9.17, 15) is 34.2 Å². The summed E-state index contributed by atoms with van der Waals surface area (Å²) in [5.74, 6) is -4.60. The lowest BCUT2D eigenvalue weighted by molar-refractivity contribution is -0.168. The Hall–Kier alpha value is -3.45. The summed E-state index contributed by atoms with van der Waals surface area (Å²) in [4.78, 5) is 59.3. The maximum atomic E-state index is 12.0. The van der Waals surface area contributed by atoms with Crippen LogP contribution in [0.3, 0.4) is 0 Å². The van der Waals surface area contributed by atoms with E-state index >= 15 is 0 Å². The molecule has 33 heavy (non-hydrogen) atoms. The SMILES string of the molecule is COC(=O)C[C@H](O)C(=O)OC[C@H]1O[C@@H](N2C=CCC(C(=O)O)=C2)[C@H](OC(C)=O)[C@@H]1OC(C)=O. The first-order chi connectivity index (χ1) is 15.5. The van der Waals surface area contributed by atoms with Crippen LogP contribution in [0.15, 0.2) is 24.0 Å². The van der Waals surface area contributed by atoms with Crippen molar-refractivity contribution in [3.8, 4) is 0 Å². The summed E-state index contributed by atoms with van der Waals surface area (Å²) < 4.78 is 25.7. The number of ether oxygens (including phenoxy) is 5. The molecule has 0 aromatic carbocycles. The van der Waals surface area contributed by atoms with Gasteiger partial charge in [-0.15, -0.1) is 0 Å². The van der Waals surface area contributed by atoms with Crippen molar-refractivity contribution in [3.63, 3.8) is 0 Å². The molecule has 1 fully saturated rings. The van der Waals surface area contributed by atoms with Crippen LogP contribution in [0.5, 0.6) is 0 Å². The number of aliphatic hydroxyl groups is 1. The van der Waals surface area contributed by atoms with E-state index in [1.54, 1.807) is 6.08 Å². The number of methoxy groups -OCH3 is 1. The molecule has 2 aliphatic heterocycles. The summed E-state index contributed by atoms with van der Waals surface area (Å²) in [5, 5.41) is 19.0. The Labute approximate surface area is 188 Å². The molecule has 13 nitrogen and oxygen atoms in total. The number of esters is 4. The maximum Gasteiger partial charge on any atom is 0.335 e. The molecule has 0 amide bonds. The third-order valence-electron chi connectivity index (χ3n) is 4.63. The van der Waals surface area contributed by atoms with E-state index in [-0.39, 0.29) is 12.0 Å². The van der Waals surface area contributed by atoms with Gasteiger partial charge < -0.3 is 38.8 Å². The molecule has 0 spiro atoms. The molecular weight excluding hydrogens is 446 g/mol. The van der Waals surface area contributed by atoms with E-state index in [0.717, 1.165) is 21.0 Å². The lowest BCUT2D eigenvalue weighted by Gasteiger charge is -2.30. The number of aliphatic hydroxyl groups excluding tert-OH is 1. The fourth-order valence-corrected chi connectivity index (χ4v) is 3.20. The standard InChI is InChI=1S/C20H25NO12/c1-10(22)31-16-14(9-30-20(28)13(24)7-15(25)29-3)33-18(17(16)32-11(2)23)21-6-4-5-12(8-21)19(26)27/h4,6,8,13-14,16-18,24H,5,7,9H2,1-3H3,(H,26,27)/t13-,14+,16+,17+,18+/m0/s1. The van der Waals surface area contributed by atoms with Gasteiger partial charge in [0.2, 0.25) is 0 Å². The second kappa shape index (κ2) is 11.4. The summed E-state index contributed by atoms with van der Waals surface area (Å²) in [6, 6.07) is 0. The van der Waals surface area contributed by atoms with E-state index in [1.807, 2.05) is 0 Å². The van der Waals surface area contributed by atoms with Crippen molar-refractivity contribution >= 4 is 29.8 Å². The monoisotopic (exact) mass is 471 g/mol. The Morgan fingerprint density at radius 2 is 1.79 bits per heavy atom. The van der Waals surface area contributed by atoms with Crippen molar-refractivity contribution in [2.45, 2.75) is 57.3 Å². The Balaban J connectivity index is 2.23. The molecule has 2 N–H and O–H groups in total. The number of hydrogen-bond donors (Lipinski definition) is 2. The number of rotatable bonds is 9. The normalized spacial score (nSPS) is 25.0. The summed E-state index contributed by atoms with van der Waals surface area (Å²) in [6.07, 6.45) is -2.62. The Kier molecular flexibility index (Phi) is 8.94. The fraction of sp³-hybridized carbons (Fsp3) is 0.550. The third-order valence-corrected chi connectivity index (χ3v) is 4.63. The zero-order valence-corrected chi connectivity index (χ0v) is 18.2. The second-order valence-corrected chi connectivity index (χ2v) is 7.13. The quantitative estimate of drug-likeness (QED) is 0.317. The predicted octanol–water partition coefficient (Wildman–Crippen LogP) is -0.770. The number of nitrogens with zero attached hydrogens (tertiary/aromatic N) is 1. The number of carboxylic acid groups (broad SMARTS) is 1. The highest BCUT2D eigenvalue weighted by atomic mass is 16.7. The maximum absolute atomic E-state index is 12.0. The van der Waals surface area contributed by atoms with Crippen molar-refractivity contribution in [3.05, 3.63) is 24.0 Å². The number of carbonyl (C=O) groups is 5. The first kappa shape index (κ1) is 25.8. The highest BCUT2D eigenvalue weighted by molar-refractivity contribution is 5.87. The Bertz CT molecular complexity index is 850. The first-order valence-corrected chi connectivity index (χ1v) is 9.83. The zero-order chi connectivity index (χ0) is 24.7. The molecule has 0 radical (unpaired) electrons. The van der Waals surface area contributed by atoms with Gasteiger partial charge in [-0.1, -0.05) is 6.08 Å². The zero-order valence-electron chi connectivity index (χ0n) is 18.2. The molecule has 0 aromatic heterocycles. The highest BCUT2D eigenvalue weighted by Crippen LogP contribution is 2.32. The molecule has 2 rings (SSSR count). The Morgan fingerprint density at radius 1 is 1.15 bits per heavy atom. The van der Waals surface area contributed by atoms with Gasteiger partial charge in [0, 0.05) is 32.7 Å². The van der Waals surface area contributed by atoms with Gasteiger partial charge in [-0.25, -0.2) is 9.59 Å². The Morgan fingerprint density at radius 3 is 2.36 bits per heavy atom. The summed E-state index contributed by atoms with van der Waals surface area (Å²) in [5.41, 5.74) is 0.0347. The second-order valence-electron chi connectivity index (χ2n) is 7.13. The number of allylic oxidation sites excluding steroid dienone is 1. The van der Waals surface area contributed by atoms with Crippen molar-refractivity contribution < 1.29 is 57.9 Å². The van der Waals surface area contributed by atoms with Gasteiger partial charge in [0.05, 0.1) is 19.1 Å². The lowest BCUT2D eigenvalue weighted by atomic mass is 10.1. The van der Waals surface area contributed by atoms with Gasteiger partial charge >= 0.3 is 29.8 Å². The van der Waals surface area contributed by atoms with Crippen LogP contribution in [-0.4, -0.2) is 89.3 Å². The number of carbonyl (C=O) groups excluding carboxylic acids is 4. The van der Waals surface area contributed by atoms with E-state index < -0.39 is 73.5 Å². The van der Waals surface area contributed by atoms with Crippen LogP contribution in [0.2, 0.25) is 0 Å². The van der Waals surface area contributed by atoms with E-state index in [2.05, 4.69) is 4.74 Å². The molecule has 0 saturated carbocycles. The van der Waals surface area contributed by atoms with Crippen LogP contribution < -0.4 is 0 Å². The molecule has 2 heterocycles. The molecule has 2 aliphatic rings. The van der Waals surface area contributed by atoms with Crippen molar-refractivity contribution in [1.29, 1.82) is 0 Å². The van der Waals surface area contributed by atoms with Gasteiger partial charge in [-0.05, 0) is 0 Å². The van der Waals surface area contributed by atoms with Gasteiger partial charge in [0.1, 0.15) is 12.7 Å². The van der Waals surface area contributed by atoms with Crippen LogP contribution in [0, 0.1) is 0 Å². The number of carboxylic acids is 1. The third kappa shape index (κ3) is 7.02. The van der Waals surface area contributed by atoms with E-state index in [1.165, 1.54) is 17.3 Å². The summed E-state index contributed by atoms with van der Waals surface area (Å²) in [6.45, 7) is 1.71. The van der Waals surface area contributed by atoms with Crippen LogP contribution in [0.25, 0.3) is 0 Å². The molecule has 1 saturated heterocycles. The minimum Gasteiger partial charge on any atom is -0.478 e. The van der Waals surface area contributed by atoms with Crippen molar-refractivity contribution in [2.24, 2.45) is 0 Å². The molecule has 0 aliphatic carbocycles. The average Bonchev–Trinajstić information content (AvgIpc) is 3.07. The minimum atomic E-state index is -1.79. The molecule has 13 heteroatoms. The molecular formula is C20H25NO12. The minimum absolute atomic E-state index is 0.0347. The highest BCUT2D eigenvalue weighted by Gasteiger charge is 2.51. The van der Waals surface area contributed by atoms with Gasteiger partial charge in [-0.3, -0.25) is 14.4 Å². The topological polar surface area (TPSA) is 175 Å². The van der Waals surface area contributed by atoms with Crippen LogP contribution in [0.1, 0.15) is 26.7 Å². The molecule has 0 unspecified atom stereocenters. The molecule has 182 valence electrons. The molecule has 0 aromatic rings. The average molecular weight is 471 g/mol. The van der Waals surface area contributed by atoms with Crippen molar-refractivity contribution in [1.82, 2.24) is 4.90 Å². The summed E-state index contributed by atoms with van der Waals surface area (Å²) in [7, 11) is 1.09. The van der Waals surface area contributed by atoms with Crippen LogP contribution >= 0.6 is 0 Å². The van der Waals surface area contributed by atoms with Gasteiger partial charge in [0.25, 0.3) is 0 Å². The largest absolute Gasteiger partial charge is 0.478 e.